The summed E-state index contributed by atoms with van der Waals surface area (Å²) >= 11 is 0. The van der Waals surface area contributed by atoms with Crippen LogP contribution in [-0.4, -0.2) is 8.07 Å². The topological polar surface area (TPSA) is 0 Å². The Kier molecular flexibility index (Phi) is 5.82. The van der Waals surface area contributed by atoms with E-state index in [1.807, 2.05) is 0 Å². The van der Waals surface area contributed by atoms with Crippen LogP contribution in [0.4, 0.5) is 0 Å². The van der Waals surface area contributed by atoms with Gasteiger partial charge in [0.2, 0.25) is 0 Å². The van der Waals surface area contributed by atoms with Gasteiger partial charge in [-0.15, -0.1) is 0 Å². The van der Waals surface area contributed by atoms with Gasteiger partial charge in [0.1, 0.15) is 0 Å². The van der Waals surface area contributed by atoms with Gasteiger partial charge in [-0.3, -0.25) is 0 Å². The molecule has 1 unspecified atom stereocenters. The summed E-state index contributed by atoms with van der Waals surface area (Å²) in [5.41, 5.74) is 8.71. The largest absolute Gasteiger partial charge is 0.0800 e. The van der Waals surface area contributed by atoms with Crippen LogP contribution in [-0.2, 0) is 0 Å². The fraction of sp³-hybridized carbons (Fsp3) is 0.704. The number of hydrogen-bond acceptors (Lipinski definition) is 0. The smallest absolute Gasteiger partial charge is 0.0741 e. The maximum atomic E-state index is 2.72. The molecule has 0 amide bonds. The first-order valence-electron chi connectivity index (χ1n) is 11.7. The molecule has 0 radical (unpaired) electrons. The Hall–Kier alpha value is -0.823. The van der Waals surface area contributed by atoms with Gasteiger partial charge in [0, 0.05) is 5.04 Å². The van der Waals surface area contributed by atoms with Crippen LogP contribution in [0.15, 0.2) is 46.1 Å². The van der Waals surface area contributed by atoms with Gasteiger partial charge in [0.15, 0.2) is 0 Å². The lowest BCUT2D eigenvalue weighted by Gasteiger charge is -2.46. The van der Waals surface area contributed by atoms with Crippen molar-refractivity contribution in [1.82, 2.24) is 0 Å². The monoisotopic (exact) mass is 396 g/mol. The van der Waals surface area contributed by atoms with E-state index < -0.39 is 8.07 Å². The molecule has 28 heavy (non-hydrogen) atoms. The molecule has 0 heterocycles. The highest BCUT2D eigenvalue weighted by atomic mass is 28.3. The summed E-state index contributed by atoms with van der Waals surface area (Å²) < 4.78 is 0. The quantitative estimate of drug-likeness (QED) is 0.417. The molecule has 0 spiro atoms. The summed E-state index contributed by atoms with van der Waals surface area (Å²) in [7, 11) is -1.62. The van der Waals surface area contributed by atoms with Crippen LogP contribution in [0.5, 0.6) is 0 Å². The molecule has 0 aromatic rings. The summed E-state index contributed by atoms with van der Waals surface area (Å²) in [6.45, 7) is 24.7. The van der Waals surface area contributed by atoms with E-state index in [2.05, 4.69) is 86.7 Å². The second kappa shape index (κ2) is 7.46. The van der Waals surface area contributed by atoms with Crippen LogP contribution in [0.1, 0.15) is 74.7 Å². The molecule has 156 valence electrons. The van der Waals surface area contributed by atoms with Gasteiger partial charge in [-0.1, -0.05) is 76.6 Å². The van der Waals surface area contributed by atoms with E-state index in [9.17, 15) is 0 Å². The first-order chi connectivity index (χ1) is 12.9. The normalized spacial score (nSPS) is 33.3. The van der Waals surface area contributed by atoms with Crippen LogP contribution in [0, 0.1) is 23.7 Å². The van der Waals surface area contributed by atoms with Crippen LogP contribution < -0.4 is 0 Å². The Balaban J connectivity index is 1.94. The van der Waals surface area contributed by atoms with Gasteiger partial charge in [0.05, 0.1) is 8.07 Å². The van der Waals surface area contributed by atoms with E-state index in [1.165, 1.54) is 19.3 Å². The third kappa shape index (κ3) is 3.17. The highest BCUT2D eigenvalue weighted by Crippen LogP contribution is 2.62. The zero-order valence-electron chi connectivity index (χ0n) is 20.2. The molecule has 0 saturated heterocycles. The van der Waals surface area contributed by atoms with Crippen molar-refractivity contribution in [2.45, 2.75) is 98.3 Å². The van der Waals surface area contributed by atoms with Crippen molar-refractivity contribution in [3.63, 3.8) is 0 Å². The Morgan fingerprint density at radius 2 is 1.57 bits per heavy atom. The van der Waals surface area contributed by atoms with Crippen molar-refractivity contribution in [3.05, 3.63) is 46.1 Å². The second-order valence-electron chi connectivity index (χ2n) is 11.3. The fourth-order valence-corrected chi connectivity index (χ4v) is 10.9. The van der Waals surface area contributed by atoms with Gasteiger partial charge in [-0.2, -0.15) is 0 Å². The van der Waals surface area contributed by atoms with E-state index in [1.54, 1.807) is 27.9 Å². The highest BCUT2D eigenvalue weighted by Gasteiger charge is 2.52. The van der Waals surface area contributed by atoms with Crippen molar-refractivity contribution in [2.75, 3.05) is 0 Å². The number of rotatable bonds is 4. The molecule has 4 atom stereocenters. The maximum absolute atomic E-state index is 2.72. The minimum absolute atomic E-state index is 0.277. The van der Waals surface area contributed by atoms with E-state index >= 15 is 0 Å². The summed E-state index contributed by atoms with van der Waals surface area (Å²) in [5.74, 6) is 3.32. The highest BCUT2D eigenvalue weighted by molar-refractivity contribution is 6.84. The summed E-state index contributed by atoms with van der Waals surface area (Å²) in [6.07, 6.45) is 12.1. The number of allylic oxidation sites excluding steroid dienone is 8. The lowest BCUT2D eigenvalue weighted by molar-refractivity contribution is 0.172. The average molecular weight is 397 g/mol. The molecule has 3 rings (SSSR count). The second-order valence-corrected chi connectivity index (χ2v) is 16.4. The van der Waals surface area contributed by atoms with Crippen LogP contribution in [0.25, 0.3) is 0 Å². The van der Waals surface area contributed by atoms with E-state index in [0.717, 1.165) is 23.7 Å². The van der Waals surface area contributed by atoms with Gasteiger partial charge in [-0.05, 0) is 86.5 Å². The first-order valence-corrected chi connectivity index (χ1v) is 14.8. The minimum atomic E-state index is -1.62. The van der Waals surface area contributed by atoms with Crippen molar-refractivity contribution in [3.8, 4) is 0 Å². The molecular weight excluding hydrogens is 352 g/mol. The average Bonchev–Trinajstić information content (AvgIpc) is 3.19. The fourth-order valence-electron chi connectivity index (χ4n) is 6.71. The van der Waals surface area contributed by atoms with Crippen molar-refractivity contribution >= 4 is 8.07 Å². The molecule has 3 aliphatic rings. The molecule has 0 aliphatic heterocycles. The van der Waals surface area contributed by atoms with Gasteiger partial charge >= 0.3 is 0 Å². The van der Waals surface area contributed by atoms with Crippen LogP contribution in [0.2, 0.25) is 23.7 Å². The molecule has 0 nitrogen and oxygen atoms in total. The Labute approximate surface area is 176 Å². The van der Waals surface area contributed by atoms with Gasteiger partial charge in [-0.25, -0.2) is 0 Å². The molecule has 0 aromatic carbocycles. The Bertz CT molecular complexity index is 731. The Morgan fingerprint density at radius 1 is 1.00 bits per heavy atom. The maximum Gasteiger partial charge on any atom is 0.0741 e. The molecule has 0 N–H and O–H groups in total. The zero-order valence-corrected chi connectivity index (χ0v) is 21.2. The standard InChI is InChI=1S/C27H44Si/c1-17(2)25-14-11-18(3)15-26(25)23-12-13-24(16-23)28(9,10)27(8)21(6)19(4)20(5)22(27)7/h12-13,16-18,24-26H,11,14-15H2,1-10H3/t18-,24?,25+,26-/m1/s1. The predicted molar refractivity (Wildman–Crippen MR) is 128 cm³/mol. The first kappa shape index (κ1) is 21.9. The van der Waals surface area contributed by atoms with Gasteiger partial charge in [0.25, 0.3) is 0 Å². The van der Waals surface area contributed by atoms with E-state index in [0.29, 0.717) is 5.54 Å². The third-order valence-electron chi connectivity index (χ3n) is 9.63. The minimum Gasteiger partial charge on any atom is -0.0800 e. The Morgan fingerprint density at radius 3 is 2.11 bits per heavy atom. The van der Waals surface area contributed by atoms with Crippen LogP contribution >= 0.6 is 0 Å². The van der Waals surface area contributed by atoms with E-state index in [4.69, 9.17) is 0 Å². The van der Waals surface area contributed by atoms with Crippen molar-refractivity contribution in [1.29, 1.82) is 0 Å². The number of hydrogen-bond donors (Lipinski definition) is 0. The summed E-state index contributed by atoms with van der Waals surface area (Å²) in [5, 5.41) is 0.277. The lowest BCUT2D eigenvalue weighted by Crippen LogP contribution is -2.44. The van der Waals surface area contributed by atoms with Crippen molar-refractivity contribution < 1.29 is 0 Å². The zero-order chi connectivity index (χ0) is 21.0. The molecule has 3 aliphatic carbocycles. The summed E-state index contributed by atoms with van der Waals surface area (Å²) in [4.78, 5) is 0. The third-order valence-corrected chi connectivity index (χ3v) is 15.0. The van der Waals surface area contributed by atoms with Gasteiger partial charge < -0.3 is 0 Å². The molecule has 1 heteroatoms. The van der Waals surface area contributed by atoms with Crippen LogP contribution in [0.3, 0.4) is 0 Å². The predicted octanol–water partition coefficient (Wildman–Crippen LogP) is 8.72. The van der Waals surface area contributed by atoms with E-state index in [-0.39, 0.29) is 5.04 Å². The summed E-state index contributed by atoms with van der Waals surface area (Å²) in [6, 6.07) is 0. The molecule has 0 bridgehead atoms. The lowest BCUT2D eigenvalue weighted by atomic mass is 9.67. The molecule has 1 saturated carbocycles. The SMILES string of the molecule is CC1=C(C)C(C)([Si](C)(C)C2C=CC([C@H]3C[C@H](C)CC[C@H]3C(C)C)=C2)C(C)=C1C. The molecule has 1 fully saturated rings. The molecular formula is C27H44Si. The molecule has 0 aromatic heterocycles. The van der Waals surface area contributed by atoms with Crippen molar-refractivity contribution in [2.24, 2.45) is 23.7 Å².